The Morgan fingerprint density at radius 2 is 1.79 bits per heavy atom. The molecule has 0 heterocycles. The van der Waals surface area contributed by atoms with Crippen molar-refractivity contribution in [3.8, 4) is 0 Å². The first kappa shape index (κ1) is 24.8. The second-order valence-corrected chi connectivity index (χ2v) is 10.4. The Morgan fingerprint density at radius 1 is 1.14 bits per heavy atom. The van der Waals surface area contributed by atoms with Gasteiger partial charge in [-0.05, 0) is 18.7 Å². The molecule has 0 spiro atoms. The number of phosphoric ester groups is 1. The second-order valence-electron chi connectivity index (χ2n) is 9.01. The van der Waals surface area contributed by atoms with Crippen LogP contribution in [-0.2, 0) is 18.4 Å². The highest BCUT2D eigenvalue weighted by Crippen LogP contribution is 2.38. The Kier molecular flexibility index (Phi) is 13.1. The van der Waals surface area contributed by atoms with E-state index < -0.39 is 26.7 Å². The number of unbranched alkanes of at least 4 members (excludes halogenated alkanes) is 3. The van der Waals surface area contributed by atoms with Crippen molar-refractivity contribution in [2.24, 2.45) is 5.92 Å². The van der Waals surface area contributed by atoms with E-state index in [4.69, 9.17) is 11.8 Å². The SMILES string of the molecule is [3H][C@H](CCCCCC)[C@H]([3H])CC(=O)N[C@H](COP(=O)([O-])OCC[N+](C)(C)C)CC(C)C. The molecule has 0 aromatic heterocycles. The molecule has 1 unspecified atom stereocenters. The van der Waals surface area contributed by atoms with Crippen LogP contribution in [0.15, 0.2) is 0 Å². The smallest absolute Gasteiger partial charge is 0.268 e. The lowest BCUT2D eigenvalue weighted by atomic mass is 10.0. The molecule has 7 nitrogen and oxygen atoms in total. The van der Waals surface area contributed by atoms with E-state index in [9.17, 15) is 14.3 Å². The molecule has 8 heteroatoms. The van der Waals surface area contributed by atoms with Gasteiger partial charge in [0.25, 0.3) is 7.82 Å². The van der Waals surface area contributed by atoms with Crippen molar-refractivity contribution in [1.29, 1.82) is 0 Å². The van der Waals surface area contributed by atoms with Crippen molar-refractivity contribution in [2.45, 2.75) is 84.6 Å². The number of phosphoric acid groups is 1. The minimum absolute atomic E-state index is 0.0230. The molecule has 0 aromatic rings. The molecule has 0 saturated carbocycles. The first-order valence-corrected chi connectivity index (χ1v) is 12.3. The van der Waals surface area contributed by atoms with Crippen LogP contribution in [0.25, 0.3) is 0 Å². The predicted octanol–water partition coefficient (Wildman–Crippen LogP) is 3.87. The van der Waals surface area contributed by atoms with Crippen molar-refractivity contribution >= 4 is 13.7 Å². The summed E-state index contributed by atoms with van der Waals surface area (Å²) in [7, 11) is 1.33. The number of amides is 1. The summed E-state index contributed by atoms with van der Waals surface area (Å²) in [6.07, 6.45) is 3.86. The van der Waals surface area contributed by atoms with Crippen LogP contribution in [0.4, 0.5) is 0 Å². The van der Waals surface area contributed by atoms with Gasteiger partial charge in [-0.15, -0.1) is 0 Å². The normalized spacial score (nSPS) is 18.5. The molecule has 4 atom stereocenters. The molecule has 1 N–H and O–H groups in total. The van der Waals surface area contributed by atoms with Crippen molar-refractivity contribution in [2.75, 3.05) is 40.9 Å². The molecule has 0 aliphatic rings. The van der Waals surface area contributed by atoms with E-state index in [2.05, 4.69) is 12.2 Å². The lowest BCUT2D eigenvalue weighted by molar-refractivity contribution is -0.870. The van der Waals surface area contributed by atoms with Crippen molar-refractivity contribution < 1.29 is 30.5 Å². The van der Waals surface area contributed by atoms with E-state index in [0.717, 1.165) is 25.7 Å². The third-order valence-electron chi connectivity index (χ3n) is 4.26. The molecule has 0 aliphatic heterocycles. The summed E-state index contributed by atoms with van der Waals surface area (Å²) in [4.78, 5) is 24.4. The highest BCUT2D eigenvalue weighted by Gasteiger charge is 2.19. The zero-order valence-corrected chi connectivity index (χ0v) is 20.2. The van der Waals surface area contributed by atoms with Crippen LogP contribution >= 0.6 is 7.82 Å². The lowest BCUT2D eigenvalue weighted by Gasteiger charge is -2.29. The molecule has 1 amide bonds. The van der Waals surface area contributed by atoms with Gasteiger partial charge in [-0.2, -0.15) is 0 Å². The molecule has 0 aliphatic carbocycles. The molecule has 0 saturated heterocycles. The minimum atomic E-state index is -4.46. The topological polar surface area (TPSA) is 87.7 Å². The zero-order valence-electron chi connectivity index (χ0n) is 21.3. The largest absolute Gasteiger partial charge is 0.756 e. The number of quaternary nitrogens is 1. The van der Waals surface area contributed by atoms with Crippen LogP contribution in [0.1, 0.15) is 81.3 Å². The van der Waals surface area contributed by atoms with Crippen molar-refractivity contribution in [3.05, 3.63) is 0 Å². The Hall–Kier alpha value is -0.460. The highest BCUT2D eigenvalue weighted by molar-refractivity contribution is 7.45. The van der Waals surface area contributed by atoms with Gasteiger partial charge >= 0.3 is 0 Å². The minimum Gasteiger partial charge on any atom is -0.756 e. The first-order valence-electron chi connectivity index (χ1n) is 12.0. The number of rotatable bonds is 18. The summed E-state index contributed by atoms with van der Waals surface area (Å²) < 4.78 is 38.7. The number of likely N-dealkylation sites (N-methyl/N-ethyl adjacent to an activating group) is 1. The maximum absolute atomic E-state index is 12.4. The van der Waals surface area contributed by atoms with E-state index in [-0.39, 0.29) is 31.5 Å². The third-order valence-corrected chi connectivity index (χ3v) is 5.22. The van der Waals surface area contributed by atoms with E-state index >= 15 is 0 Å². The number of nitrogens with one attached hydrogen (secondary N) is 1. The molecule has 0 bridgehead atoms. The number of hydrogen-bond acceptors (Lipinski definition) is 5. The van der Waals surface area contributed by atoms with Gasteiger partial charge in [0.2, 0.25) is 5.91 Å². The summed E-state index contributed by atoms with van der Waals surface area (Å²) in [6, 6.07) is -0.502. The first-order chi connectivity index (χ1) is 14.3. The predicted molar refractivity (Wildman–Crippen MR) is 116 cm³/mol. The Balaban J connectivity index is 4.56. The molecule has 0 rings (SSSR count). The summed E-state index contributed by atoms with van der Waals surface area (Å²) in [6.45, 7) is 6.39. The van der Waals surface area contributed by atoms with Crippen LogP contribution in [0.2, 0.25) is 0 Å². The zero-order chi connectivity index (χ0) is 24.1. The monoisotopic (exact) mass is 440 g/mol. The molecular weight excluding hydrogens is 391 g/mol. The Bertz CT molecular complexity index is 546. The maximum atomic E-state index is 12.4. The van der Waals surface area contributed by atoms with Crippen molar-refractivity contribution in [3.63, 3.8) is 0 Å². The fraction of sp³-hybridized carbons (Fsp3) is 0.952. The van der Waals surface area contributed by atoms with Gasteiger partial charge in [0.1, 0.15) is 13.2 Å². The number of hydrogen-bond donors (Lipinski definition) is 1. The van der Waals surface area contributed by atoms with Gasteiger partial charge in [-0.1, -0.05) is 59.3 Å². The Labute approximate surface area is 181 Å². The summed E-state index contributed by atoms with van der Waals surface area (Å²) in [5.41, 5.74) is 0. The van der Waals surface area contributed by atoms with Crippen LogP contribution in [0.5, 0.6) is 0 Å². The van der Waals surface area contributed by atoms with Gasteiger partial charge < -0.3 is 23.7 Å². The number of nitrogens with zero attached hydrogens (tertiary/aromatic N) is 1. The summed E-state index contributed by atoms with van der Waals surface area (Å²) in [5, 5.41) is 2.78. The number of carbonyl (C=O) groups excluding carboxylic acids is 1. The second kappa shape index (κ2) is 15.4. The fourth-order valence-corrected chi connectivity index (χ4v) is 3.41. The molecular formula is C21H45N2O5P. The van der Waals surface area contributed by atoms with Crippen LogP contribution in [0.3, 0.4) is 0 Å². The fourth-order valence-electron chi connectivity index (χ4n) is 2.67. The van der Waals surface area contributed by atoms with Crippen LogP contribution < -0.4 is 10.2 Å². The van der Waals surface area contributed by atoms with Crippen molar-refractivity contribution in [1.82, 2.24) is 5.32 Å². The van der Waals surface area contributed by atoms with Gasteiger partial charge in [0.05, 0.1) is 33.8 Å². The molecule has 0 radical (unpaired) electrons. The Morgan fingerprint density at radius 3 is 2.38 bits per heavy atom. The van der Waals surface area contributed by atoms with Gasteiger partial charge in [0.15, 0.2) is 0 Å². The standard InChI is InChI=1S/C21H45N2O5P/c1-7-8-9-10-11-12-13-14-21(24)22-20(17-19(2)3)18-28-29(25,26)27-16-15-23(4,5)6/h19-20H,7-18H2,1-6H3,(H-,22,24,25,26)/t20-/m0/s1/i12T,13T/t12-,13+,20+/m1. The van der Waals surface area contributed by atoms with Gasteiger partial charge in [-0.3, -0.25) is 9.36 Å². The lowest BCUT2D eigenvalue weighted by Crippen LogP contribution is -2.39. The van der Waals surface area contributed by atoms with E-state index in [1.807, 2.05) is 35.0 Å². The molecule has 0 fully saturated rings. The molecule has 29 heavy (non-hydrogen) atoms. The average Bonchev–Trinajstić information content (AvgIpc) is 2.61. The van der Waals surface area contributed by atoms with Gasteiger partial charge in [0, 0.05) is 9.16 Å². The maximum Gasteiger partial charge on any atom is 0.268 e. The van der Waals surface area contributed by atoms with Crippen LogP contribution in [0, 0.1) is 5.92 Å². The number of carbonyl (C=O) groups is 1. The van der Waals surface area contributed by atoms with E-state index in [0.29, 0.717) is 23.9 Å². The highest BCUT2D eigenvalue weighted by atomic mass is 31.2. The van der Waals surface area contributed by atoms with E-state index in [1.165, 1.54) is 0 Å². The molecule has 174 valence electrons. The quantitative estimate of drug-likeness (QED) is 0.199. The summed E-state index contributed by atoms with van der Waals surface area (Å²) in [5.74, 6) is -0.139. The van der Waals surface area contributed by atoms with E-state index in [1.54, 1.807) is 0 Å². The molecule has 0 aromatic carbocycles. The van der Waals surface area contributed by atoms with Crippen LogP contribution in [-0.4, -0.2) is 57.3 Å². The summed E-state index contributed by atoms with van der Waals surface area (Å²) >= 11 is 0. The average molecular weight is 441 g/mol. The third kappa shape index (κ3) is 19.3. The van der Waals surface area contributed by atoms with Gasteiger partial charge in [-0.25, -0.2) is 0 Å².